The van der Waals surface area contributed by atoms with Gasteiger partial charge in [0.15, 0.2) is 11.5 Å². The van der Waals surface area contributed by atoms with Crippen molar-refractivity contribution in [3.8, 4) is 41.0 Å². The van der Waals surface area contributed by atoms with Crippen LogP contribution in [-0.4, -0.2) is 82.7 Å². The number of rotatable bonds is 6. The summed E-state index contributed by atoms with van der Waals surface area (Å²) >= 11 is 7.48. The Morgan fingerprint density at radius 2 is 1.96 bits per heavy atom. The number of likely N-dealkylation sites (tertiary alicyclic amines) is 1. The molecule has 3 fully saturated rings. The molecule has 0 spiro atoms. The first-order valence-corrected chi connectivity index (χ1v) is 17.0. The summed E-state index contributed by atoms with van der Waals surface area (Å²) in [5.41, 5.74) is 4.08. The molecule has 2 aromatic heterocycles. The number of hydrogen-bond donors (Lipinski definition) is 1. The van der Waals surface area contributed by atoms with Crippen molar-refractivity contribution in [2.75, 3.05) is 38.3 Å². The molecule has 0 aliphatic carbocycles. The van der Waals surface area contributed by atoms with Crippen molar-refractivity contribution in [3.05, 3.63) is 64.1 Å². The number of likely N-dealkylation sites (N-methyl/N-ethyl adjacent to an activating group) is 1. The number of aromatic nitrogens is 4. The lowest BCUT2D eigenvalue weighted by Crippen LogP contribution is -2.54. The molecular weight excluding hydrogens is 647 g/mol. The van der Waals surface area contributed by atoms with Crippen molar-refractivity contribution in [1.82, 2.24) is 25.1 Å². The monoisotopic (exact) mass is 680 g/mol. The molecule has 1 N–H and O–H groups in total. The van der Waals surface area contributed by atoms with Crippen molar-refractivity contribution >= 4 is 39.2 Å². The summed E-state index contributed by atoms with van der Waals surface area (Å²) < 4.78 is 41.3. The van der Waals surface area contributed by atoms with Crippen LogP contribution in [0.1, 0.15) is 36.0 Å². The number of nitrogens with one attached hydrogen (secondary N) is 1. The molecule has 0 radical (unpaired) electrons. The third-order valence-corrected chi connectivity index (χ3v) is 10.9. The average Bonchev–Trinajstić information content (AvgIpc) is 3.80. The Bertz CT molecular complexity index is 2160. The third-order valence-electron chi connectivity index (χ3n) is 10.5. The van der Waals surface area contributed by atoms with E-state index < -0.39 is 5.82 Å². The number of anilines is 1. The zero-order valence-corrected chi connectivity index (χ0v) is 27.9. The SMILES string of the molecule is C#Cc1ccc(COc2c(-c3c(C)c(F)cc4[nH]ncc34)c(Cl)c3c4c(nc(OC5CCOCC5)nc24)N2C(CO3)[C@@H]3C[C@H]2CN3C)cc1. The first-order chi connectivity index (χ1) is 23.9. The molecule has 3 saturated heterocycles. The van der Waals surface area contributed by atoms with Gasteiger partial charge in [-0.15, -0.1) is 6.42 Å². The van der Waals surface area contributed by atoms with Crippen LogP contribution in [0.5, 0.6) is 17.5 Å². The average molecular weight is 681 g/mol. The Balaban J connectivity index is 1.32. The molecule has 0 amide bonds. The van der Waals surface area contributed by atoms with Crippen molar-refractivity contribution < 1.29 is 23.3 Å². The summed E-state index contributed by atoms with van der Waals surface area (Å²) in [6, 6.07) is 9.85. The zero-order valence-electron chi connectivity index (χ0n) is 27.1. The number of benzene rings is 3. The van der Waals surface area contributed by atoms with Gasteiger partial charge in [-0.25, -0.2) is 4.39 Å². The number of fused-ring (bicyclic) bond motifs is 7. The van der Waals surface area contributed by atoms with E-state index in [0.717, 1.165) is 36.9 Å². The Kier molecular flexibility index (Phi) is 7.30. The van der Waals surface area contributed by atoms with Gasteiger partial charge in [-0.05, 0) is 49.7 Å². The maximum Gasteiger partial charge on any atom is 0.319 e. The second kappa shape index (κ2) is 11.8. The van der Waals surface area contributed by atoms with Gasteiger partial charge in [0.05, 0.1) is 41.4 Å². The summed E-state index contributed by atoms with van der Waals surface area (Å²) in [5.74, 6) is 3.79. The Hall–Kier alpha value is -4.63. The fourth-order valence-electron chi connectivity index (χ4n) is 8.06. The molecule has 250 valence electrons. The van der Waals surface area contributed by atoms with Crippen molar-refractivity contribution in [2.24, 2.45) is 0 Å². The van der Waals surface area contributed by atoms with Crippen LogP contribution in [0.15, 0.2) is 36.5 Å². The van der Waals surface area contributed by atoms with E-state index in [1.807, 2.05) is 24.3 Å². The van der Waals surface area contributed by atoms with Crippen LogP contribution in [0.4, 0.5) is 10.2 Å². The van der Waals surface area contributed by atoms with Crippen LogP contribution in [0, 0.1) is 25.1 Å². The molecule has 1 unspecified atom stereocenters. The zero-order chi connectivity index (χ0) is 33.4. The predicted octanol–water partition coefficient (Wildman–Crippen LogP) is 6.05. The quantitative estimate of drug-likeness (QED) is 0.215. The van der Waals surface area contributed by atoms with Crippen LogP contribution in [0.2, 0.25) is 5.02 Å². The molecule has 4 aliphatic heterocycles. The summed E-state index contributed by atoms with van der Waals surface area (Å²) in [4.78, 5) is 15.0. The second-order valence-corrected chi connectivity index (χ2v) is 13.7. The predicted molar refractivity (Wildman–Crippen MR) is 184 cm³/mol. The summed E-state index contributed by atoms with van der Waals surface area (Å²) in [7, 11) is 2.16. The number of terminal acetylenes is 1. The molecule has 9 rings (SSSR count). The minimum atomic E-state index is -0.405. The lowest BCUT2D eigenvalue weighted by atomic mass is 9.93. The van der Waals surface area contributed by atoms with Crippen molar-refractivity contribution in [1.29, 1.82) is 0 Å². The van der Waals surface area contributed by atoms with Crippen LogP contribution in [0.25, 0.3) is 32.9 Å². The van der Waals surface area contributed by atoms with E-state index in [1.54, 1.807) is 13.1 Å². The van der Waals surface area contributed by atoms with Gasteiger partial charge in [0.2, 0.25) is 0 Å². The van der Waals surface area contributed by atoms with Crippen molar-refractivity contribution in [3.63, 3.8) is 0 Å². The highest BCUT2D eigenvalue weighted by atomic mass is 35.5. The molecule has 10 nitrogen and oxygen atoms in total. The highest BCUT2D eigenvalue weighted by Gasteiger charge is 2.52. The first-order valence-electron chi connectivity index (χ1n) is 16.6. The van der Waals surface area contributed by atoms with Crippen LogP contribution in [0.3, 0.4) is 0 Å². The molecule has 0 saturated carbocycles. The lowest BCUT2D eigenvalue weighted by molar-refractivity contribution is 0.0219. The summed E-state index contributed by atoms with van der Waals surface area (Å²) in [5, 5.41) is 8.80. The Morgan fingerprint density at radius 3 is 2.76 bits per heavy atom. The normalized spacial score (nSPS) is 21.9. The fourth-order valence-corrected chi connectivity index (χ4v) is 8.39. The van der Waals surface area contributed by atoms with Gasteiger partial charge in [0, 0.05) is 53.5 Å². The van der Waals surface area contributed by atoms with Crippen LogP contribution in [-0.2, 0) is 11.3 Å². The molecule has 4 aliphatic rings. The molecule has 3 aromatic carbocycles. The van der Waals surface area contributed by atoms with Gasteiger partial charge < -0.3 is 23.8 Å². The molecule has 6 heterocycles. The van der Waals surface area contributed by atoms with E-state index in [1.165, 1.54) is 6.07 Å². The number of halogens is 2. The maximum atomic E-state index is 15.7. The van der Waals surface area contributed by atoms with E-state index >= 15 is 4.39 Å². The minimum Gasteiger partial charge on any atom is -0.489 e. The maximum absolute atomic E-state index is 15.7. The van der Waals surface area contributed by atoms with Gasteiger partial charge >= 0.3 is 6.01 Å². The molecule has 12 heteroatoms. The van der Waals surface area contributed by atoms with Gasteiger partial charge in [-0.2, -0.15) is 15.1 Å². The third kappa shape index (κ3) is 4.88. The Morgan fingerprint density at radius 1 is 1.14 bits per heavy atom. The summed E-state index contributed by atoms with van der Waals surface area (Å²) in [6.45, 7) is 4.43. The number of nitrogens with zero attached hydrogens (tertiary/aromatic N) is 5. The van der Waals surface area contributed by atoms with E-state index in [-0.39, 0.29) is 30.8 Å². The van der Waals surface area contributed by atoms with E-state index in [4.69, 9.17) is 46.9 Å². The van der Waals surface area contributed by atoms with Crippen LogP contribution < -0.4 is 19.1 Å². The highest BCUT2D eigenvalue weighted by Crippen LogP contribution is 2.55. The van der Waals surface area contributed by atoms with E-state index in [9.17, 15) is 0 Å². The van der Waals surface area contributed by atoms with Crippen LogP contribution >= 0.6 is 11.6 Å². The lowest BCUT2D eigenvalue weighted by Gasteiger charge is -2.39. The second-order valence-electron chi connectivity index (χ2n) is 13.3. The molecule has 5 aromatic rings. The molecule has 2 bridgehead atoms. The first kappa shape index (κ1) is 30.4. The molecule has 3 atom stereocenters. The van der Waals surface area contributed by atoms with Gasteiger partial charge in [0.1, 0.15) is 36.5 Å². The smallest absolute Gasteiger partial charge is 0.319 e. The van der Waals surface area contributed by atoms with Gasteiger partial charge in [-0.3, -0.25) is 10.00 Å². The number of ether oxygens (including phenoxy) is 4. The number of H-pyrrole nitrogens is 1. The van der Waals surface area contributed by atoms with Gasteiger partial charge in [-0.1, -0.05) is 29.7 Å². The largest absolute Gasteiger partial charge is 0.489 e. The van der Waals surface area contributed by atoms with E-state index in [0.29, 0.717) is 86.7 Å². The number of piperazine rings is 1. The van der Waals surface area contributed by atoms with Gasteiger partial charge in [0.25, 0.3) is 0 Å². The minimum absolute atomic E-state index is 0.0419. The highest BCUT2D eigenvalue weighted by molar-refractivity contribution is 6.38. The number of aromatic amines is 1. The van der Waals surface area contributed by atoms with E-state index in [2.05, 4.69) is 33.0 Å². The molecule has 49 heavy (non-hydrogen) atoms. The topological polar surface area (TPSA) is 97.9 Å². The number of hydrogen-bond acceptors (Lipinski definition) is 9. The fraction of sp³-hybridized carbons (Fsp3) is 0.378. The Labute approximate surface area is 287 Å². The summed E-state index contributed by atoms with van der Waals surface area (Å²) in [6.07, 6.45) is 9.66. The van der Waals surface area contributed by atoms with Crippen molar-refractivity contribution in [2.45, 2.75) is 57.0 Å². The standard InChI is InChI=1S/C37H34ClFN6O4/c1-4-20-5-7-21(8-6-20)17-47-35-30(29-19(2)25(39)14-26-24(29)15-40-43-26)32(38)34-31-33(35)41-37(49-23-9-11-46-12-10-23)42-36(31)45-22-13-27(44(3)16-22)28(45)18-48-34/h1,5-8,14-15,22-23,27-28H,9-13,16-18H2,2-3H3,(H,40,43)/t22-,27-,28?/m0/s1. The molecular formula is C37H34ClFN6O4.